The predicted octanol–water partition coefficient (Wildman–Crippen LogP) is 4.74. The van der Waals surface area contributed by atoms with Gasteiger partial charge in [0.1, 0.15) is 5.75 Å². The second kappa shape index (κ2) is 4.84. The van der Waals surface area contributed by atoms with Crippen molar-refractivity contribution in [1.82, 2.24) is 4.57 Å². The molecule has 0 aliphatic heterocycles. The number of rotatable bonds is 2. The first-order chi connectivity index (χ1) is 9.94. The van der Waals surface area contributed by atoms with Gasteiger partial charge < -0.3 is 9.30 Å². The highest BCUT2D eigenvalue weighted by Crippen LogP contribution is 2.29. The van der Waals surface area contributed by atoms with Crippen LogP contribution in [0.1, 0.15) is 0 Å². The van der Waals surface area contributed by atoms with E-state index in [0.717, 1.165) is 22.2 Å². The molecule has 0 N–H and O–H groups in total. The lowest BCUT2D eigenvalue weighted by atomic mass is 10.1. The first-order valence-corrected chi connectivity index (χ1v) is 6.35. The normalized spacial score (nSPS) is 11.8. The van der Waals surface area contributed by atoms with Crippen LogP contribution >= 0.6 is 0 Å². The average Bonchev–Trinajstić information content (AvgIpc) is 2.76. The molecule has 2 nitrogen and oxygen atoms in total. The second-order valence-corrected chi connectivity index (χ2v) is 4.72. The predicted molar refractivity (Wildman–Crippen MR) is 75.0 cm³/mol. The molecule has 0 saturated heterocycles. The molecule has 21 heavy (non-hydrogen) atoms. The number of halogens is 3. The van der Waals surface area contributed by atoms with Crippen LogP contribution in [0, 0.1) is 0 Å². The fraction of sp³-hybridized carbons (Fsp3) is 0.125. The fourth-order valence-corrected chi connectivity index (χ4v) is 2.39. The Labute approximate surface area is 119 Å². The van der Waals surface area contributed by atoms with Crippen molar-refractivity contribution in [2.75, 3.05) is 0 Å². The monoisotopic (exact) mass is 291 g/mol. The zero-order valence-corrected chi connectivity index (χ0v) is 11.2. The Bertz CT molecular complexity index is 772. The zero-order chi connectivity index (χ0) is 15.0. The Hall–Kier alpha value is -2.43. The van der Waals surface area contributed by atoms with Gasteiger partial charge in [-0.15, -0.1) is 13.2 Å². The molecule has 0 saturated carbocycles. The molecular weight excluding hydrogens is 279 g/mol. The largest absolute Gasteiger partial charge is 0.573 e. The van der Waals surface area contributed by atoms with Crippen LogP contribution in [0.2, 0.25) is 0 Å². The molecule has 2 aromatic carbocycles. The van der Waals surface area contributed by atoms with Crippen molar-refractivity contribution in [3.05, 3.63) is 54.6 Å². The second-order valence-electron chi connectivity index (χ2n) is 4.72. The number of benzene rings is 2. The summed E-state index contributed by atoms with van der Waals surface area (Å²) < 4.78 is 42.3. The molecule has 0 unspecified atom stereocenters. The first-order valence-electron chi connectivity index (χ1n) is 6.35. The first kappa shape index (κ1) is 13.5. The van der Waals surface area contributed by atoms with E-state index in [1.807, 2.05) is 41.9 Å². The molecule has 0 aliphatic carbocycles. The molecule has 3 aromatic rings. The molecule has 108 valence electrons. The van der Waals surface area contributed by atoms with Crippen molar-refractivity contribution in [3.63, 3.8) is 0 Å². The van der Waals surface area contributed by atoms with E-state index < -0.39 is 6.36 Å². The molecular formula is C16H12F3NO. The summed E-state index contributed by atoms with van der Waals surface area (Å²) in [4.78, 5) is 0. The Morgan fingerprint density at radius 3 is 2.24 bits per heavy atom. The Morgan fingerprint density at radius 2 is 1.62 bits per heavy atom. The van der Waals surface area contributed by atoms with Gasteiger partial charge in [0, 0.05) is 23.6 Å². The molecule has 0 bridgehead atoms. The molecule has 3 rings (SSSR count). The van der Waals surface area contributed by atoms with Crippen molar-refractivity contribution in [1.29, 1.82) is 0 Å². The van der Waals surface area contributed by atoms with Gasteiger partial charge in [0.05, 0.1) is 0 Å². The third kappa shape index (κ3) is 2.72. The molecule has 5 heteroatoms. The minimum atomic E-state index is -4.67. The lowest BCUT2D eigenvalue weighted by Crippen LogP contribution is -2.16. The fourth-order valence-electron chi connectivity index (χ4n) is 2.39. The molecule has 1 aromatic heterocycles. The SMILES string of the molecule is Cn1c(-c2ccc(OC(F)(F)F)cc2)cc2ccccc21. The molecule has 0 spiro atoms. The van der Waals surface area contributed by atoms with E-state index in [0.29, 0.717) is 0 Å². The third-order valence-electron chi connectivity index (χ3n) is 3.34. The highest BCUT2D eigenvalue weighted by molar-refractivity contribution is 5.86. The van der Waals surface area contributed by atoms with Crippen LogP contribution in [-0.4, -0.2) is 10.9 Å². The molecule has 0 fully saturated rings. The van der Waals surface area contributed by atoms with Gasteiger partial charge in [-0.2, -0.15) is 0 Å². The minimum absolute atomic E-state index is 0.218. The number of aromatic nitrogens is 1. The third-order valence-corrected chi connectivity index (χ3v) is 3.34. The van der Waals surface area contributed by atoms with Gasteiger partial charge in [0.2, 0.25) is 0 Å². The number of nitrogens with zero attached hydrogens (tertiary/aromatic N) is 1. The van der Waals surface area contributed by atoms with E-state index in [-0.39, 0.29) is 5.75 Å². The van der Waals surface area contributed by atoms with E-state index in [4.69, 9.17) is 0 Å². The van der Waals surface area contributed by atoms with Gasteiger partial charge >= 0.3 is 6.36 Å². The highest BCUT2D eigenvalue weighted by Gasteiger charge is 2.30. The number of hydrogen-bond donors (Lipinski definition) is 0. The van der Waals surface area contributed by atoms with Gasteiger partial charge in [-0.1, -0.05) is 18.2 Å². The lowest BCUT2D eigenvalue weighted by molar-refractivity contribution is -0.274. The van der Waals surface area contributed by atoms with Crippen LogP contribution < -0.4 is 4.74 Å². The van der Waals surface area contributed by atoms with Gasteiger partial charge in [0.15, 0.2) is 0 Å². The lowest BCUT2D eigenvalue weighted by Gasteiger charge is -2.09. The van der Waals surface area contributed by atoms with Crippen LogP contribution in [0.25, 0.3) is 22.2 Å². The van der Waals surface area contributed by atoms with Crippen LogP contribution in [0.15, 0.2) is 54.6 Å². The quantitative estimate of drug-likeness (QED) is 0.665. The average molecular weight is 291 g/mol. The van der Waals surface area contributed by atoms with Crippen molar-refractivity contribution >= 4 is 10.9 Å². The van der Waals surface area contributed by atoms with Crippen LogP contribution in [0.5, 0.6) is 5.75 Å². The number of alkyl halides is 3. The number of para-hydroxylation sites is 1. The highest BCUT2D eigenvalue weighted by atomic mass is 19.4. The van der Waals surface area contributed by atoms with Crippen molar-refractivity contribution < 1.29 is 17.9 Å². The maximum atomic E-state index is 12.1. The minimum Gasteiger partial charge on any atom is -0.406 e. The summed E-state index contributed by atoms with van der Waals surface area (Å²) in [6.07, 6.45) is -4.67. The number of ether oxygens (including phenoxy) is 1. The standard InChI is InChI=1S/C16H12F3NO/c1-20-14-5-3-2-4-12(14)10-15(20)11-6-8-13(9-7-11)21-16(17,18)19/h2-10H,1H3. The smallest absolute Gasteiger partial charge is 0.406 e. The van der Waals surface area contributed by atoms with Crippen molar-refractivity contribution in [2.45, 2.75) is 6.36 Å². The molecule has 0 radical (unpaired) electrons. The summed E-state index contributed by atoms with van der Waals surface area (Å²) in [6, 6.07) is 15.8. The van der Waals surface area contributed by atoms with E-state index in [9.17, 15) is 13.2 Å². The van der Waals surface area contributed by atoms with Crippen LogP contribution in [-0.2, 0) is 7.05 Å². The van der Waals surface area contributed by atoms with E-state index >= 15 is 0 Å². The topological polar surface area (TPSA) is 14.2 Å². The maximum Gasteiger partial charge on any atom is 0.573 e. The Kier molecular flexibility index (Phi) is 3.12. The number of hydrogen-bond acceptors (Lipinski definition) is 1. The van der Waals surface area contributed by atoms with Crippen molar-refractivity contribution in [3.8, 4) is 17.0 Å². The van der Waals surface area contributed by atoms with E-state index in [2.05, 4.69) is 4.74 Å². The summed E-state index contributed by atoms with van der Waals surface area (Å²) in [5.74, 6) is -0.218. The molecule has 1 heterocycles. The molecule has 0 atom stereocenters. The summed E-state index contributed by atoms with van der Waals surface area (Å²) in [5, 5.41) is 1.09. The van der Waals surface area contributed by atoms with Gasteiger partial charge in [-0.3, -0.25) is 0 Å². The summed E-state index contributed by atoms with van der Waals surface area (Å²) in [7, 11) is 1.93. The summed E-state index contributed by atoms with van der Waals surface area (Å²) in [5.41, 5.74) is 2.85. The van der Waals surface area contributed by atoms with Gasteiger partial charge in [-0.25, -0.2) is 0 Å². The summed E-state index contributed by atoms with van der Waals surface area (Å²) >= 11 is 0. The Morgan fingerprint density at radius 1 is 0.952 bits per heavy atom. The van der Waals surface area contributed by atoms with E-state index in [1.54, 1.807) is 12.1 Å². The van der Waals surface area contributed by atoms with Crippen molar-refractivity contribution in [2.24, 2.45) is 7.05 Å². The van der Waals surface area contributed by atoms with Gasteiger partial charge in [-0.05, 0) is 42.0 Å². The van der Waals surface area contributed by atoms with E-state index in [1.165, 1.54) is 12.1 Å². The maximum absolute atomic E-state index is 12.1. The Balaban J connectivity index is 1.97. The molecule has 0 amide bonds. The zero-order valence-electron chi connectivity index (χ0n) is 11.2. The molecule has 0 aliphatic rings. The number of aryl methyl sites for hydroxylation is 1. The van der Waals surface area contributed by atoms with Crippen LogP contribution in [0.4, 0.5) is 13.2 Å². The van der Waals surface area contributed by atoms with Crippen LogP contribution in [0.3, 0.4) is 0 Å². The summed E-state index contributed by atoms with van der Waals surface area (Å²) in [6.45, 7) is 0. The van der Waals surface area contributed by atoms with Gasteiger partial charge in [0.25, 0.3) is 0 Å². The number of fused-ring (bicyclic) bond motifs is 1.